The third-order valence-corrected chi connectivity index (χ3v) is 4.44. The van der Waals surface area contributed by atoms with E-state index in [-0.39, 0.29) is 0 Å². The smallest absolute Gasteiger partial charge is 0.0354 e. The van der Waals surface area contributed by atoms with Crippen molar-refractivity contribution in [3.63, 3.8) is 0 Å². The average molecular weight is 269 g/mol. The van der Waals surface area contributed by atoms with Crippen LogP contribution in [-0.2, 0) is 0 Å². The van der Waals surface area contributed by atoms with E-state index in [2.05, 4.69) is 55.4 Å². The van der Waals surface area contributed by atoms with E-state index in [0.717, 1.165) is 0 Å². The van der Waals surface area contributed by atoms with Crippen LogP contribution in [0.5, 0.6) is 0 Å². The molecule has 0 saturated carbocycles. The second-order valence-electron chi connectivity index (χ2n) is 9.35. The van der Waals surface area contributed by atoms with Crippen molar-refractivity contribution in [1.82, 2.24) is 0 Å². The van der Waals surface area contributed by atoms with Crippen molar-refractivity contribution in [1.29, 1.82) is 0 Å². The number of unbranched alkanes of at least 4 members (excludes halogenated alkanes) is 1. The Morgan fingerprint density at radius 3 is 1.37 bits per heavy atom. The summed E-state index contributed by atoms with van der Waals surface area (Å²) in [5.41, 5.74) is 1.58. The van der Waals surface area contributed by atoms with Gasteiger partial charge in [-0.3, -0.25) is 0 Å². The zero-order chi connectivity index (χ0) is 15.2. The Morgan fingerprint density at radius 1 is 0.526 bits per heavy atom. The molecule has 0 fully saturated rings. The molecule has 0 heteroatoms. The van der Waals surface area contributed by atoms with Crippen LogP contribution in [0, 0.1) is 16.2 Å². The van der Waals surface area contributed by atoms with Gasteiger partial charge < -0.3 is 0 Å². The third-order valence-electron chi connectivity index (χ3n) is 4.44. The van der Waals surface area contributed by atoms with Gasteiger partial charge in [0.1, 0.15) is 0 Å². The van der Waals surface area contributed by atoms with Gasteiger partial charge in [0.2, 0.25) is 0 Å². The lowest BCUT2D eigenvalue weighted by molar-refractivity contribution is 0.208. The molecule has 0 aliphatic rings. The fourth-order valence-corrected chi connectivity index (χ4v) is 2.86. The summed E-state index contributed by atoms with van der Waals surface area (Å²) in [4.78, 5) is 0. The highest BCUT2D eigenvalue weighted by Gasteiger charge is 2.23. The molecule has 0 aromatic heterocycles. The Labute approximate surface area is 123 Å². The molecule has 0 N–H and O–H groups in total. The molecule has 0 saturated heterocycles. The third kappa shape index (κ3) is 11.5. The quantitative estimate of drug-likeness (QED) is 0.387. The van der Waals surface area contributed by atoms with Gasteiger partial charge in [-0.2, -0.15) is 0 Å². The summed E-state index contributed by atoms with van der Waals surface area (Å²) in [5.74, 6) is 0. The van der Waals surface area contributed by atoms with Gasteiger partial charge in [0, 0.05) is 0 Å². The van der Waals surface area contributed by atoms with Crippen molar-refractivity contribution >= 4 is 0 Å². The van der Waals surface area contributed by atoms with E-state index in [1.165, 1.54) is 51.4 Å². The second-order valence-corrected chi connectivity index (χ2v) is 9.35. The summed E-state index contributed by atoms with van der Waals surface area (Å²) in [6.45, 7) is 19.2. The van der Waals surface area contributed by atoms with Crippen LogP contribution in [0.25, 0.3) is 0 Å². The first-order valence-electron chi connectivity index (χ1n) is 8.47. The molecule has 116 valence electrons. The predicted octanol–water partition coefficient (Wildman–Crippen LogP) is 7.23. The van der Waals surface area contributed by atoms with E-state index in [9.17, 15) is 0 Å². The molecular formula is C19H40. The molecule has 0 aromatic carbocycles. The van der Waals surface area contributed by atoms with Crippen molar-refractivity contribution in [2.24, 2.45) is 16.2 Å². The highest BCUT2D eigenvalue weighted by Crippen LogP contribution is 2.37. The lowest BCUT2D eigenvalue weighted by atomic mass is 9.74. The zero-order valence-corrected chi connectivity index (χ0v) is 15.2. The molecule has 0 nitrogen and oxygen atoms in total. The molecule has 0 aliphatic carbocycles. The maximum atomic E-state index is 2.46. The van der Waals surface area contributed by atoms with Crippen LogP contribution in [0.3, 0.4) is 0 Å². The normalized spacial score (nSPS) is 13.9. The van der Waals surface area contributed by atoms with Crippen LogP contribution in [0.1, 0.15) is 107 Å². The van der Waals surface area contributed by atoms with Crippen LogP contribution in [-0.4, -0.2) is 0 Å². The van der Waals surface area contributed by atoms with Crippen molar-refractivity contribution in [2.45, 2.75) is 107 Å². The van der Waals surface area contributed by atoms with E-state index in [0.29, 0.717) is 16.2 Å². The van der Waals surface area contributed by atoms with E-state index in [1.807, 2.05) is 0 Å². The molecular weight excluding hydrogens is 228 g/mol. The summed E-state index contributed by atoms with van der Waals surface area (Å²) in [7, 11) is 0. The molecule has 0 heterocycles. The minimum atomic E-state index is 0.507. The summed E-state index contributed by atoms with van der Waals surface area (Å²) in [6, 6.07) is 0. The maximum absolute atomic E-state index is 2.46. The number of rotatable bonds is 9. The van der Waals surface area contributed by atoms with Crippen molar-refractivity contribution in [3.05, 3.63) is 0 Å². The van der Waals surface area contributed by atoms with Gasteiger partial charge in [0.25, 0.3) is 0 Å². The first-order valence-corrected chi connectivity index (χ1v) is 8.47. The Morgan fingerprint density at radius 2 is 0.947 bits per heavy atom. The standard InChI is InChI=1S/C19H40/c1-9-12-18(5,6)15-16-19(7,8)14-11-10-13-17(2,3)4/h9-16H2,1-8H3. The van der Waals surface area contributed by atoms with Crippen LogP contribution in [0.4, 0.5) is 0 Å². The molecule has 0 radical (unpaired) electrons. The molecule has 0 amide bonds. The van der Waals surface area contributed by atoms with E-state index >= 15 is 0 Å². The molecule has 0 bridgehead atoms. The van der Waals surface area contributed by atoms with E-state index in [4.69, 9.17) is 0 Å². The van der Waals surface area contributed by atoms with Gasteiger partial charge >= 0.3 is 0 Å². The number of hydrogen-bond donors (Lipinski definition) is 0. The predicted molar refractivity (Wildman–Crippen MR) is 89.6 cm³/mol. The van der Waals surface area contributed by atoms with Gasteiger partial charge in [0.15, 0.2) is 0 Å². The van der Waals surface area contributed by atoms with Gasteiger partial charge in [-0.1, -0.05) is 74.7 Å². The molecule has 0 aromatic rings. The average Bonchev–Trinajstić information content (AvgIpc) is 2.21. The lowest BCUT2D eigenvalue weighted by Crippen LogP contribution is -2.18. The topological polar surface area (TPSA) is 0 Å². The van der Waals surface area contributed by atoms with Gasteiger partial charge in [0.05, 0.1) is 0 Å². The van der Waals surface area contributed by atoms with Gasteiger partial charge in [-0.05, 0) is 48.3 Å². The van der Waals surface area contributed by atoms with Crippen molar-refractivity contribution in [3.8, 4) is 0 Å². The Bertz CT molecular complexity index is 227. The summed E-state index contributed by atoms with van der Waals surface area (Å²) in [5, 5.41) is 0. The van der Waals surface area contributed by atoms with E-state index in [1.54, 1.807) is 0 Å². The first kappa shape index (κ1) is 19.0. The van der Waals surface area contributed by atoms with Crippen LogP contribution < -0.4 is 0 Å². The fraction of sp³-hybridized carbons (Fsp3) is 1.00. The van der Waals surface area contributed by atoms with Gasteiger partial charge in [-0.25, -0.2) is 0 Å². The highest BCUT2D eigenvalue weighted by atomic mass is 14.3. The summed E-state index contributed by atoms with van der Waals surface area (Å²) >= 11 is 0. The molecule has 0 unspecified atom stereocenters. The Balaban J connectivity index is 3.92. The minimum Gasteiger partial charge on any atom is -0.0654 e. The molecule has 0 spiro atoms. The summed E-state index contributed by atoms with van der Waals surface area (Å²) < 4.78 is 0. The maximum Gasteiger partial charge on any atom is -0.0354 e. The van der Waals surface area contributed by atoms with Crippen LogP contribution in [0.15, 0.2) is 0 Å². The second kappa shape index (κ2) is 7.70. The Kier molecular flexibility index (Phi) is 7.70. The van der Waals surface area contributed by atoms with Crippen LogP contribution >= 0.6 is 0 Å². The first-order chi connectivity index (χ1) is 8.47. The van der Waals surface area contributed by atoms with Crippen molar-refractivity contribution < 1.29 is 0 Å². The molecule has 19 heavy (non-hydrogen) atoms. The van der Waals surface area contributed by atoms with E-state index < -0.39 is 0 Å². The fourth-order valence-electron chi connectivity index (χ4n) is 2.86. The monoisotopic (exact) mass is 268 g/mol. The Hall–Kier alpha value is 0. The highest BCUT2D eigenvalue weighted by molar-refractivity contribution is 4.75. The number of hydrogen-bond acceptors (Lipinski definition) is 0. The largest absolute Gasteiger partial charge is 0.0654 e. The molecule has 0 aliphatic heterocycles. The minimum absolute atomic E-state index is 0.507. The zero-order valence-electron chi connectivity index (χ0n) is 15.2. The molecule has 0 atom stereocenters. The van der Waals surface area contributed by atoms with Crippen molar-refractivity contribution in [2.75, 3.05) is 0 Å². The van der Waals surface area contributed by atoms with Crippen LogP contribution in [0.2, 0.25) is 0 Å². The van der Waals surface area contributed by atoms with Gasteiger partial charge in [-0.15, -0.1) is 0 Å². The lowest BCUT2D eigenvalue weighted by Gasteiger charge is -2.31. The molecule has 0 rings (SSSR count). The SMILES string of the molecule is CCCC(C)(C)CCC(C)(C)CCCCC(C)(C)C. The summed E-state index contributed by atoms with van der Waals surface area (Å²) in [6.07, 6.45) is 11.0.